The quantitative estimate of drug-likeness (QED) is 0.542. The first-order chi connectivity index (χ1) is 8.53. The Morgan fingerprint density at radius 1 is 1.39 bits per heavy atom. The molecule has 6 heteroatoms. The number of ether oxygens (including phenoxy) is 1. The molecule has 0 amide bonds. The Morgan fingerprint density at radius 3 is 2.78 bits per heavy atom. The molecule has 3 N–H and O–H groups in total. The van der Waals surface area contributed by atoms with Crippen LogP contribution in [0.25, 0.3) is 0 Å². The van der Waals surface area contributed by atoms with E-state index in [0.29, 0.717) is 18.8 Å². The Bertz CT molecular complexity index is 520. The van der Waals surface area contributed by atoms with Crippen LogP contribution in [0.3, 0.4) is 0 Å². The van der Waals surface area contributed by atoms with Crippen molar-refractivity contribution in [3.63, 3.8) is 0 Å². The second kappa shape index (κ2) is 7.01. The molecule has 0 spiro atoms. The molecule has 0 bridgehead atoms. The van der Waals surface area contributed by atoms with Crippen LogP contribution in [0.1, 0.15) is 5.56 Å². The zero-order valence-corrected chi connectivity index (χ0v) is 10.7. The van der Waals surface area contributed by atoms with E-state index in [1.54, 1.807) is 0 Å². The fourth-order valence-corrected chi connectivity index (χ4v) is 1.78. The lowest BCUT2D eigenvalue weighted by atomic mass is 10.2. The minimum Gasteiger partial charge on any atom is -0.481 e. The monoisotopic (exact) mass is 268 g/mol. The average Bonchev–Trinajstić information content (AvgIpc) is 2.32. The highest BCUT2D eigenvalue weighted by Gasteiger charge is 2.04. The molecule has 0 heterocycles. The first-order valence-electron chi connectivity index (χ1n) is 5.38. The largest absolute Gasteiger partial charge is 0.481 e. The maximum atomic E-state index is 10.7. The zero-order chi connectivity index (χ0) is 13.4. The second-order valence-electron chi connectivity index (χ2n) is 3.64. The van der Waals surface area contributed by atoms with Gasteiger partial charge in [0.15, 0.2) is 0 Å². The first kappa shape index (κ1) is 14.5. The van der Waals surface area contributed by atoms with Gasteiger partial charge >= 0.3 is 0 Å². The van der Waals surface area contributed by atoms with Crippen LogP contribution in [-0.4, -0.2) is 27.3 Å². The van der Waals surface area contributed by atoms with E-state index in [1.165, 1.54) is 0 Å². The number of rotatable bonds is 7. The fourth-order valence-electron chi connectivity index (χ4n) is 1.35. The van der Waals surface area contributed by atoms with Gasteiger partial charge in [-0.25, -0.2) is 13.6 Å². The maximum absolute atomic E-state index is 10.7. The van der Waals surface area contributed by atoms with E-state index in [4.69, 9.17) is 16.3 Å². The van der Waals surface area contributed by atoms with Gasteiger partial charge < -0.3 is 10.1 Å². The number of hydrogen-bond acceptors (Lipinski definition) is 4. The molecule has 18 heavy (non-hydrogen) atoms. The van der Waals surface area contributed by atoms with Crippen LogP contribution in [0.5, 0.6) is 5.75 Å². The van der Waals surface area contributed by atoms with Crippen LogP contribution in [0.15, 0.2) is 24.3 Å². The third kappa shape index (κ3) is 5.68. The second-order valence-corrected chi connectivity index (χ2v) is 5.38. The van der Waals surface area contributed by atoms with Crippen LogP contribution < -0.4 is 15.2 Å². The molecule has 0 saturated carbocycles. The summed E-state index contributed by atoms with van der Waals surface area (Å²) in [4.78, 5) is 0. The van der Waals surface area contributed by atoms with E-state index in [0.717, 1.165) is 5.56 Å². The maximum Gasteiger partial charge on any atom is 0.210 e. The average molecular weight is 268 g/mol. The molecule has 1 aromatic carbocycles. The molecule has 0 aliphatic carbocycles. The summed E-state index contributed by atoms with van der Waals surface area (Å²) >= 11 is 0. The van der Waals surface area contributed by atoms with Gasteiger partial charge in [-0.3, -0.25) is 0 Å². The van der Waals surface area contributed by atoms with Crippen molar-refractivity contribution in [2.45, 2.75) is 6.54 Å². The summed E-state index contributed by atoms with van der Waals surface area (Å²) in [6.07, 6.45) is 5.12. The van der Waals surface area contributed by atoms with Crippen LogP contribution in [0.4, 0.5) is 0 Å². The standard InChI is InChI=1S/C12H16N2O3S/c1-2-8-17-12-6-4-3-5-11(12)10-14-7-9-18(13,15)16/h1,3-6,14H,7-10H2,(H2,13,15,16). The van der Waals surface area contributed by atoms with Crippen molar-refractivity contribution in [3.05, 3.63) is 29.8 Å². The molecular formula is C12H16N2O3S. The Kier molecular flexibility index (Phi) is 5.65. The normalized spacial score (nSPS) is 10.9. The minimum atomic E-state index is -3.42. The third-order valence-corrected chi connectivity index (χ3v) is 2.94. The summed E-state index contributed by atoms with van der Waals surface area (Å²) in [5.41, 5.74) is 0.919. The molecule has 0 radical (unpaired) electrons. The molecule has 0 aromatic heterocycles. The molecule has 0 unspecified atom stereocenters. The Labute approximate surface area is 107 Å². The smallest absolute Gasteiger partial charge is 0.210 e. The topological polar surface area (TPSA) is 81.4 Å². The van der Waals surface area contributed by atoms with Gasteiger partial charge in [-0.1, -0.05) is 24.1 Å². The van der Waals surface area contributed by atoms with Gasteiger partial charge in [0.1, 0.15) is 12.4 Å². The Morgan fingerprint density at radius 2 is 2.11 bits per heavy atom. The van der Waals surface area contributed by atoms with Crippen molar-refractivity contribution < 1.29 is 13.2 Å². The van der Waals surface area contributed by atoms with E-state index in [-0.39, 0.29) is 12.4 Å². The lowest BCUT2D eigenvalue weighted by Gasteiger charge is -2.10. The Balaban J connectivity index is 2.49. The predicted octanol–water partition coefficient (Wildman–Crippen LogP) is 0.0767. The van der Waals surface area contributed by atoms with Crippen LogP contribution in [0, 0.1) is 12.3 Å². The van der Waals surface area contributed by atoms with Gasteiger partial charge in [-0.15, -0.1) is 6.42 Å². The van der Waals surface area contributed by atoms with E-state index in [9.17, 15) is 8.42 Å². The highest BCUT2D eigenvalue weighted by molar-refractivity contribution is 7.89. The zero-order valence-electron chi connectivity index (χ0n) is 9.93. The van der Waals surface area contributed by atoms with Gasteiger partial charge in [0, 0.05) is 18.7 Å². The van der Waals surface area contributed by atoms with Gasteiger partial charge in [0.2, 0.25) is 10.0 Å². The summed E-state index contributed by atoms with van der Waals surface area (Å²) in [6, 6.07) is 7.42. The van der Waals surface area contributed by atoms with Crippen molar-refractivity contribution in [2.75, 3.05) is 18.9 Å². The third-order valence-electron chi connectivity index (χ3n) is 2.16. The van der Waals surface area contributed by atoms with Crippen molar-refractivity contribution in [3.8, 4) is 18.1 Å². The van der Waals surface area contributed by atoms with Gasteiger partial charge in [0.05, 0.1) is 5.75 Å². The van der Waals surface area contributed by atoms with Crippen molar-refractivity contribution in [1.29, 1.82) is 0 Å². The molecule has 0 saturated heterocycles. The molecule has 1 aromatic rings. The molecule has 98 valence electrons. The van der Waals surface area contributed by atoms with Crippen LogP contribution >= 0.6 is 0 Å². The van der Waals surface area contributed by atoms with Crippen molar-refractivity contribution in [2.24, 2.45) is 5.14 Å². The molecular weight excluding hydrogens is 252 g/mol. The number of nitrogens with two attached hydrogens (primary N) is 1. The van der Waals surface area contributed by atoms with Crippen LogP contribution in [-0.2, 0) is 16.6 Å². The summed E-state index contributed by atoms with van der Waals surface area (Å²) in [5, 5.41) is 7.88. The van der Waals surface area contributed by atoms with Gasteiger partial charge in [0.25, 0.3) is 0 Å². The van der Waals surface area contributed by atoms with E-state index < -0.39 is 10.0 Å². The summed E-state index contributed by atoms with van der Waals surface area (Å²) in [5.74, 6) is 2.99. The van der Waals surface area contributed by atoms with Gasteiger partial charge in [-0.05, 0) is 6.07 Å². The Hall–Kier alpha value is -1.55. The summed E-state index contributed by atoms with van der Waals surface area (Å²) in [6.45, 7) is 0.993. The van der Waals surface area contributed by atoms with E-state index >= 15 is 0 Å². The predicted molar refractivity (Wildman–Crippen MR) is 70.5 cm³/mol. The van der Waals surface area contributed by atoms with Crippen LogP contribution in [0.2, 0.25) is 0 Å². The highest BCUT2D eigenvalue weighted by Crippen LogP contribution is 2.17. The van der Waals surface area contributed by atoms with Gasteiger partial charge in [-0.2, -0.15) is 0 Å². The summed E-state index contributed by atoms with van der Waals surface area (Å²) < 4.78 is 26.8. The van der Waals surface area contributed by atoms with Crippen molar-refractivity contribution in [1.82, 2.24) is 5.32 Å². The minimum absolute atomic E-state index is 0.0968. The summed E-state index contributed by atoms with van der Waals surface area (Å²) in [7, 11) is -3.42. The highest BCUT2D eigenvalue weighted by atomic mass is 32.2. The number of primary sulfonamides is 1. The SMILES string of the molecule is C#CCOc1ccccc1CNCCS(N)(=O)=O. The number of nitrogens with one attached hydrogen (secondary N) is 1. The lowest BCUT2D eigenvalue weighted by Crippen LogP contribution is -2.26. The molecule has 1 rings (SSSR count). The molecule has 0 aliphatic heterocycles. The molecule has 5 nitrogen and oxygen atoms in total. The van der Waals surface area contributed by atoms with E-state index in [1.807, 2.05) is 24.3 Å². The van der Waals surface area contributed by atoms with E-state index in [2.05, 4.69) is 11.2 Å². The number of benzene rings is 1. The number of terminal acetylenes is 1. The number of para-hydroxylation sites is 1. The lowest BCUT2D eigenvalue weighted by molar-refractivity contribution is 0.365. The number of hydrogen-bond donors (Lipinski definition) is 2. The molecule has 0 fully saturated rings. The fraction of sp³-hybridized carbons (Fsp3) is 0.333. The first-order valence-corrected chi connectivity index (χ1v) is 7.10. The molecule has 0 aliphatic rings. The number of sulfonamides is 1. The molecule has 0 atom stereocenters. The van der Waals surface area contributed by atoms with Crippen molar-refractivity contribution >= 4 is 10.0 Å².